The molecule has 0 atom stereocenters. The summed E-state index contributed by atoms with van der Waals surface area (Å²) in [6, 6.07) is 1.89. The van der Waals surface area contributed by atoms with Crippen LogP contribution in [0.15, 0.2) is 16.2 Å². The first-order chi connectivity index (χ1) is 10.2. The molecule has 0 saturated heterocycles. The molecule has 2 heterocycles. The van der Waals surface area contributed by atoms with E-state index >= 15 is 0 Å². The minimum absolute atomic E-state index is 0.392. The average Bonchev–Trinajstić information content (AvgIpc) is 2.88. The summed E-state index contributed by atoms with van der Waals surface area (Å²) in [5.74, 6) is 1.44. The largest absolute Gasteiger partial charge is 0.374 e. The van der Waals surface area contributed by atoms with Crippen molar-refractivity contribution in [2.45, 2.75) is 37.1 Å². The molecule has 0 aliphatic rings. The number of aromatic nitrogens is 6. The average molecular weight is 309 g/mol. The quantitative estimate of drug-likeness (QED) is 0.734. The van der Waals surface area contributed by atoms with Gasteiger partial charge in [0, 0.05) is 26.3 Å². The second-order valence-electron chi connectivity index (χ2n) is 4.26. The first-order valence-corrected chi connectivity index (χ1v) is 7.64. The van der Waals surface area contributed by atoms with Gasteiger partial charge >= 0.3 is 0 Å². The Balaban J connectivity index is 2.19. The van der Waals surface area contributed by atoms with E-state index in [2.05, 4.69) is 37.7 Å². The molecule has 0 radical (unpaired) electrons. The van der Waals surface area contributed by atoms with Gasteiger partial charge in [-0.25, -0.2) is 14.6 Å². The van der Waals surface area contributed by atoms with E-state index in [-0.39, 0.29) is 0 Å². The molecule has 1 N–H and O–H groups in total. The van der Waals surface area contributed by atoms with Crippen LogP contribution in [0.3, 0.4) is 0 Å². The highest BCUT2D eigenvalue weighted by Gasteiger charge is 2.10. The van der Waals surface area contributed by atoms with Crippen LogP contribution in [0.4, 0.5) is 5.82 Å². The zero-order valence-corrected chi connectivity index (χ0v) is 13.2. The lowest BCUT2D eigenvalue weighted by Gasteiger charge is -2.08. The minimum Gasteiger partial charge on any atom is -0.374 e. The maximum atomic E-state index is 5.39. The highest BCUT2D eigenvalue weighted by Crippen LogP contribution is 2.24. The molecule has 2 aromatic heterocycles. The molecule has 0 saturated carbocycles. The molecule has 0 amide bonds. The van der Waals surface area contributed by atoms with Crippen LogP contribution in [0.5, 0.6) is 0 Å². The van der Waals surface area contributed by atoms with Gasteiger partial charge in [-0.05, 0) is 35.5 Å². The van der Waals surface area contributed by atoms with E-state index < -0.39 is 0 Å². The first-order valence-electron chi connectivity index (χ1n) is 6.82. The minimum atomic E-state index is 0.392. The van der Waals surface area contributed by atoms with Gasteiger partial charge in [0.2, 0.25) is 5.16 Å². The molecule has 9 heteroatoms. The SMILES string of the molecule is CCCNc1cc(Sc2nnnn2C)nc(COCC)n1. The number of tetrazole rings is 1. The molecule has 2 rings (SSSR count). The summed E-state index contributed by atoms with van der Waals surface area (Å²) in [5.41, 5.74) is 0. The van der Waals surface area contributed by atoms with Crippen LogP contribution in [0.25, 0.3) is 0 Å². The Hall–Kier alpha value is -1.74. The molecule has 0 unspecified atom stereocenters. The van der Waals surface area contributed by atoms with Gasteiger partial charge < -0.3 is 10.1 Å². The topological polar surface area (TPSA) is 90.6 Å². The van der Waals surface area contributed by atoms with Gasteiger partial charge in [0.05, 0.1) is 0 Å². The van der Waals surface area contributed by atoms with Gasteiger partial charge in [-0.1, -0.05) is 6.92 Å². The van der Waals surface area contributed by atoms with E-state index in [0.29, 0.717) is 24.2 Å². The number of rotatable bonds is 8. The molecule has 114 valence electrons. The number of nitrogens with one attached hydrogen (secondary N) is 1. The predicted molar refractivity (Wildman–Crippen MR) is 79.1 cm³/mol. The zero-order chi connectivity index (χ0) is 15.1. The van der Waals surface area contributed by atoms with Crippen molar-refractivity contribution in [1.29, 1.82) is 0 Å². The number of aryl methyl sites for hydroxylation is 1. The molecule has 8 nitrogen and oxygen atoms in total. The molecule has 0 aromatic carbocycles. The van der Waals surface area contributed by atoms with Gasteiger partial charge in [0.15, 0.2) is 5.82 Å². The zero-order valence-electron chi connectivity index (χ0n) is 12.4. The first kappa shape index (κ1) is 15.6. The van der Waals surface area contributed by atoms with Gasteiger partial charge in [0.1, 0.15) is 17.5 Å². The van der Waals surface area contributed by atoms with Crippen molar-refractivity contribution in [3.05, 3.63) is 11.9 Å². The van der Waals surface area contributed by atoms with Crippen molar-refractivity contribution in [3.8, 4) is 0 Å². The Labute approximate surface area is 127 Å². The number of anilines is 1. The summed E-state index contributed by atoms with van der Waals surface area (Å²) in [4.78, 5) is 8.91. The van der Waals surface area contributed by atoms with Crippen LogP contribution in [-0.4, -0.2) is 43.3 Å². The molecular formula is C12H19N7OS. The van der Waals surface area contributed by atoms with Crippen molar-refractivity contribution in [2.75, 3.05) is 18.5 Å². The Kier molecular flexibility index (Phi) is 5.88. The normalized spacial score (nSPS) is 10.8. The second kappa shape index (κ2) is 7.89. The maximum absolute atomic E-state index is 5.39. The number of nitrogens with zero attached hydrogens (tertiary/aromatic N) is 6. The van der Waals surface area contributed by atoms with E-state index in [0.717, 1.165) is 23.8 Å². The fourth-order valence-corrected chi connectivity index (χ4v) is 2.28. The molecular weight excluding hydrogens is 290 g/mol. The molecule has 0 fully saturated rings. The Morgan fingerprint density at radius 3 is 2.86 bits per heavy atom. The van der Waals surface area contributed by atoms with Crippen molar-refractivity contribution < 1.29 is 4.74 Å². The van der Waals surface area contributed by atoms with Crippen molar-refractivity contribution in [1.82, 2.24) is 30.2 Å². The van der Waals surface area contributed by atoms with Gasteiger partial charge in [-0.15, -0.1) is 5.10 Å². The third-order valence-electron chi connectivity index (χ3n) is 2.52. The Bertz CT molecular complexity index is 548. The molecule has 21 heavy (non-hydrogen) atoms. The fraction of sp³-hybridized carbons (Fsp3) is 0.583. The van der Waals surface area contributed by atoms with Crippen LogP contribution in [0, 0.1) is 0 Å². The third-order valence-corrected chi connectivity index (χ3v) is 3.46. The number of hydrogen-bond acceptors (Lipinski definition) is 8. The van der Waals surface area contributed by atoms with Crippen molar-refractivity contribution >= 4 is 17.6 Å². The van der Waals surface area contributed by atoms with Gasteiger partial charge in [-0.2, -0.15) is 0 Å². The van der Waals surface area contributed by atoms with Crippen molar-refractivity contribution in [3.63, 3.8) is 0 Å². The Morgan fingerprint density at radius 2 is 2.19 bits per heavy atom. The summed E-state index contributed by atoms with van der Waals surface area (Å²) < 4.78 is 6.99. The summed E-state index contributed by atoms with van der Waals surface area (Å²) in [6.45, 7) is 5.94. The summed E-state index contributed by atoms with van der Waals surface area (Å²) in [6.07, 6.45) is 1.03. The molecule has 0 bridgehead atoms. The highest BCUT2D eigenvalue weighted by atomic mass is 32.2. The highest BCUT2D eigenvalue weighted by molar-refractivity contribution is 7.99. The monoisotopic (exact) mass is 309 g/mol. The van der Waals surface area contributed by atoms with Gasteiger partial charge in [-0.3, -0.25) is 0 Å². The lowest BCUT2D eigenvalue weighted by Crippen LogP contribution is -2.07. The van der Waals surface area contributed by atoms with Crippen LogP contribution >= 0.6 is 11.8 Å². The molecule has 2 aromatic rings. The van der Waals surface area contributed by atoms with E-state index in [4.69, 9.17) is 4.74 Å². The van der Waals surface area contributed by atoms with E-state index in [9.17, 15) is 0 Å². The molecule has 0 aliphatic heterocycles. The van der Waals surface area contributed by atoms with E-state index in [1.165, 1.54) is 11.8 Å². The Morgan fingerprint density at radius 1 is 1.33 bits per heavy atom. The molecule has 0 spiro atoms. The third kappa shape index (κ3) is 4.64. The predicted octanol–water partition coefficient (Wildman–Crippen LogP) is 1.51. The molecule has 0 aliphatic carbocycles. The van der Waals surface area contributed by atoms with Crippen LogP contribution in [0.1, 0.15) is 26.1 Å². The smallest absolute Gasteiger partial charge is 0.215 e. The summed E-state index contributed by atoms with van der Waals surface area (Å²) in [5, 5.41) is 16.1. The van der Waals surface area contributed by atoms with Crippen LogP contribution < -0.4 is 5.32 Å². The number of hydrogen-bond donors (Lipinski definition) is 1. The lowest BCUT2D eigenvalue weighted by molar-refractivity contribution is 0.128. The second-order valence-corrected chi connectivity index (χ2v) is 5.25. The standard InChI is InChI=1S/C12H19N7OS/c1-4-6-13-9-7-11(15-10(14-9)8-20-5-2)21-12-16-17-18-19(12)3/h7H,4-6,8H2,1-3H3,(H,13,14,15). The fourth-order valence-electron chi connectivity index (χ4n) is 1.53. The van der Waals surface area contributed by atoms with Gasteiger partial charge in [0.25, 0.3) is 0 Å². The summed E-state index contributed by atoms with van der Waals surface area (Å²) in [7, 11) is 1.79. The van der Waals surface area contributed by atoms with E-state index in [1.807, 2.05) is 13.0 Å². The van der Waals surface area contributed by atoms with E-state index in [1.54, 1.807) is 11.7 Å². The number of ether oxygens (including phenoxy) is 1. The lowest BCUT2D eigenvalue weighted by atomic mass is 10.4. The van der Waals surface area contributed by atoms with Crippen LogP contribution in [0.2, 0.25) is 0 Å². The van der Waals surface area contributed by atoms with Crippen LogP contribution in [-0.2, 0) is 18.4 Å². The summed E-state index contributed by atoms with van der Waals surface area (Å²) >= 11 is 1.40. The maximum Gasteiger partial charge on any atom is 0.215 e. The van der Waals surface area contributed by atoms with Crippen molar-refractivity contribution in [2.24, 2.45) is 7.05 Å².